The molecule has 1 saturated heterocycles. The Morgan fingerprint density at radius 1 is 1.35 bits per heavy atom. The molecule has 0 spiro atoms. The maximum atomic E-state index is 12.7. The highest BCUT2D eigenvalue weighted by molar-refractivity contribution is 7.80. The predicted molar refractivity (Wildman–Crippen MR) is 92.1 cm³/mol. The van der Waals surface area contributed by atoms with Crippen molar-refractivity contribution in [3.8, 4) is 5.75 Å². The predicted octanol–water partition coefficient (Wildman–Crippen LogP) is 2.00. The topological polar surface area (TPSA) is 59.4 Å². The van der Waals surface area contributed by atoms with Crippen LogP contribution in [0.2, 0.25) is 0 Å². The number of hydrogen-bond donors (Lipinski definition) is 1. The van der Waals surface area contributed by atoms with E-state index in [-0.39, 0.29) is 5.91 Å². The molecule has 0 atom stereocenters. The summed E-state index contributed by atoms with van der Waals surface area (Å²) < 4.78 is 6.96. The quantitative estimate of drug-likeness (QED) is 0.690. The van der Waals surface area contributed by atoms with Crippen LogP contribution in [0.5, 0.6) is 5.75 Å². The fourth-order valence-electron chi connectivity index (χ4n) is 2.50. The number of carbonyl (C=O) groups is 1. The fraction of sp³-hybridized carbons (Fsp3) is 0.188. The number of para-hydroxylation sites is 1. The third kappa shape index (κ3) is 2.70. The summed E-state index contributed by atoms with van der Waals surface area (Å²) in [7, 11) is 3.40. The number of nitrogens with one attached hydrogen (secondary N) is 1. The van der Waals surface area contributed by atoms with Gasteiger partial charge in [-0.3, -0.25) is 9.48 Å². The van der Waals surface area contributed by atoms with Gasteiger partial charge in [0.25, 0.3) is 5.91 Å². The molecule has 1 aliphatic heterocycles. The molecule has 23 heavy (non-hydrogen) atoms. The van der Waals surface area contributed by atoms with Crippen molar-refractivity contribution >= 4 is 35.0 Å². The van der Waals surface area contributed by atoms with E-state index in [1.165, 1.54) is 4.90 Å². The zero-order valence-electron chi connectivity index (χ0n) is 13.0. The fourth-order valence-corrected chi connectivity index (χ4v) is 2.79. The maximum absolute atomic E-state index is 12.7. The lowest BCUT2D eigenvalue weighted by atomic mass is 10.1. The van der Waals surface area contributed by atoms with Crippen molar-refractivity contribution in [1.82, 2.24) is 15.1 Å². The van der Waals surface area contributed by atoms with Crippen molar-refractivity contribution in [2.24, 2.45) is 7.05 Å². The lowest BCUT2D eigenvalue weighted by Crippen LogP contribution is -2.30. The average Bonchev–Trinajstić information content (AvgIpc) is 2.98. The van der Waals surface area contributed by atoms with Gasteiger partial charge < -0.3 is 10.1 Å². The minimum absolute atomic E-state index is 0.211. The summed E-state index contributed by atoms with van der Waals surface area (Å²) in [5, 5.41) is 7.56. The Hall–Kier alpha value is -2.67. The summed E-state index contributed by atoms with van der Waals surface area (Å²) in [4.78, 5) is 14.2. The Labute approximate surface area is 139 Å². The van der Waals surface area contributed by atoms with Crippen LogP contribution in [-0.4, -0.2) is 27.9 Å². The molecule has 6 nitrogen and oxygen atoms in total. The third-order valence-corrected chi connectivity index (χ3v) is 3.83. The summed E-state index contributed by atoms with van der Waals surface area (Å²) in [6.45, 7) is 1.84. The summed E-state index contributed by atoms with van der Waals surface area (Å²) in [5.41, 5.74) is 2.63. The van der Waals surface area contributed by atoms with Crippen LogP contribution < -0.4 is 15.0 Å². The first kappa shape index (κ1) is 15.2. The molecule has 2 heterocycles. The second kappa shape index (κ2) is 5.85. The molecule has 1 N–H and O–H groups in total. The minimum atomic E-state index is -0.211. The van der Waals surface area contributed by atoms with Gasteiger partial charge in [-0.05, 0) is 31.3 Å². The van der Waals surface area contributed by atoms with Crippen molar-refractivity contribution < 1.29 is 9.53 Å². The summed E-state index contributed by atoms with van der Waals surface area (Å²) in [6.07, 6.45) is 3.51. The molecule has 7 heteroatoms. The van der Waals surface area contributed by atoms with Gasteiger partial charge in [0.2, 0.25) is 0 Å². The highest BCUT2D eigenvalue weighted by Gasteiger charge is 2.34. The second-order valence-corrected chi connectivity index (χ2v) is 5.53. The van der Waals surface area contributed by atoms with E-state index in [0.29, 0.717) is 22.2 Å². The molecule has 0 unspecified atom stereocenters. The first-order valence-corrected chi connectivity index (χ1v) is 7.42. The van der Waals surface area contributed by atoms with Crippen LogP contribution >= 0.6 is 12.2 Å². The van der Waals surface area contributed by atoms with E-state index in [2.05, 4.69) is 10.4 Å². The average molecular weight is 328 g/mol. The largest absolute Gasteiger partial charge is 0.496 e. The van der Waals surface area contributed by atoms with Crippen LogP contribution in [0.1, 0.15) is 11.3 Å². The van der Waals surface area contributed by atoms with Gasteiger partial charge in [0, 0.05) is 18.8 Å². The molecule has 1 aromatic carbocycles. The zero-order valence-corrected chi connectivity index (χ0v) is 13.8. The van der Waals surface area contributed by atoms with Crippen molar-refractivity contribution in [2.45, 2.75) is 6.92 Å². The van der Waals surface area contributed by atoms with Gasteiger partial charge in [-0.2, -0.15) is 5.10 Å². The lowest BCUT2D eigenvalue weighted by molar-refractivity contribution is -0.113. The summed E-state index contributed by atoms with van der Waals surface area (Å²) in [5.74, 6) is 0.480. The Bertz CT molecular complexity index is 825. The molecule has 1 fully saturated rings. The maximum Gasteiger partial charge on any atom is 0.281 e. The van der Waals surface area contributed by atoms with E-state index in [1.54, 1.807) is 31.1 Å². The molecule has 1 aliphatic rings. The number of anilines is 1. The Morgan fingerprint density at radius 2 is 2.09 bits per heavy atom. The van der Waals surface area contributed by atoms with E-state index < -0.39 is 0 Å². The second-order valence-electron chi connectivity index (χ2n) is 5.14. The smallest absolute Gasteiger partial charge is 0.281 e. The Balaban J connectivity index is 1.98. The van der Waals surface area contributed by atoms with E-state index in [0.717, 1.165) is 11.3 Å². The summed E-state index contributed by atoms with van der Waals surface area (Å²) >= 11 is 5.31. The number of hydrogen-bond acceptors (Lipinski definition) is 4. The highest BCUT2D eigenvalue weighted by atomic mass is 32.1. The van der Waals surface area contributed by atoms with Gasteiger partial charge in [-0.15, -0.1) is 0 Å². The number of rotatable bonds is 3. The highest BCUT2D eigenvalue weighted by Crippen LogP contribution is 2.26. The number of carbonyl (C=O) groups excluding carboxylic acids is 1. The molecule has 2 aromatic rings. The number of nitrogens with zero attached hydrogens (tertiary/aromatic N) is 3. The number of aromatic nitrogens is 2. The number of ether oxygens (including phenoxy) is 1. The van der Waals surface area contributed by atoms with Crippen LogP contribution in [0.4, 0.5) is 5.69 Å². The number of aryl methyl sites for hydroxylation is 2. The van der Waals surface area contributed by atoms with Gasteiger partial charge in [0.05, 0.1) is 18.5 Å². The van der Waals surface area contributed by atoms with Gasteiger partial charge in [-0.25, -0.2) is 4.90 Å². The van der Waals surface area contributed by atoms with E-state index in [4.69, 9.17) is 17.0 Å². The van der Waals surface area contributed by atoms with Gasteiger partial charge in [0.1, 0.15) is 11.4 Å². The minimum Gasteiger partial charge on any atom is -0.496 e. The van der Waals surface area contributed by atoms with Crippen molar-refractivity contribution in [2.75, 3.05) is 12.0 Å². The van der Waals surface area contributed by atoms with Crippen LogP contribution in [0, 0.1) is 6.92 Å². The molecule has 118 valence electrons. The van der Waals surface area contributed by atoms with Gasteiger partial charge in [0.15, 0.2) is 5.11 Å². The van der Waals surface area contributed by atoms with Crippen LogP contribution in [0.15, 0.2) is 36.2 Å². The number of amides is 1. The third-order valence-electron chi connectivity index (χ3n) is 3.55. The lowest BCUT2D eigenvalue weighted by Gasteiger charge is -2.12. The Morgan fingerprint density at radius 3 is 2.74 bits per heavy atom. The van der Waals surface area contributed by atoms with E-state index >= 15 is 0 Å². The molecule has 0 saturated carbocycles. The standard InChI is InChI=1S/C16H16N4O2S/c1-10-13(9-19(2)18-10)20-15(21)12(17-16(20)23)8-11-6-4-5-7-14(11)22-3/h4-9H,1-3H3,(H,17,23)/b12-8+. The van der Waals surface area contributed by atoms with E-state index in [9.17, 15) is 4.79 Å². The zero-order chi connectivity index (χ0) is 16.6. The SMILES string of the molecule is COc1ccccc1/C=C1/NC(=S)N(c2cn(C)nc2C)C1=O. The van der Waals surface area contributed by atoms with Crippen molar-refractivity contribution in [1.29, 1.82) is 0 Å². The first-order chi connectivity index (χ1) is 11.0. The first-order valence-electron chi connectivity index (χ1n) is 7.01. The monoisotopic (exact) mass is 328 g/mol. The molecule has 0 bridgehead atoms. The Kier molecular flexibility index (Phi) is 3.87. The van der Waals surface area contributed by atoms with Crippen molar-refractivity contribution in [3.63, 3.8) is 0 Å². The number of methoxy groups -OCH3 is 1. The molecule has 1 amide bonds. The molecular weight excluding hydrogens is 312 g/mol. The van der Waals surface area contributed by atoms with Crippen LogP contribution in [0.25, 0.3) is 6.08 Å². The number of thiocarbonyl (C=S) groups is 1. The molecule has 0 aliphatic carbocycles. The normalized spacial score (nSPS) is 16.1. The van der Waals surface area contributed by atoms with Crippen molar-refractivity contribution in [3.05, 3.63) is 47.4 Å². The molecule has 1 aromatic heterocycles. The van der Waals surface area contributed by atoms with Gasteiger partial charge >= 0.3 is 0 Å². The van der Waals surface area contributed by atoms with Crippen LogP contribution in [0.3, 0.4) is 0 Å². The molecule has 3 rings (SSSR count). The van der Waals surface area contributed by atoms with E-state index in [1.807, 2.05) is 31.2 Å². The molecule has 0 radical (unpaired) electrons. The van der Waals surface area contributed by atoms with Gasteiger partial charge in [-0.1, -0.05) is 18.2 Å². The summed E-state index contributed by atoms with van der Waals surface area (Å²) in [6, 6.07) is 7.48. The molecular formula is C16H16N4O2S. The van der Waals surface area contributed by atoms with Crippen LogP contribution in [-0.2, 0) is 11.8 Å². The number of benzene rings is 1.